The van der Waals surface area contributed by atoms with Crippen molar-refractivity contribution >= 4 is 26.5 Å². The maximum atomic E-state index is 11.3. The second-order valence-corrected chi connectivity index (χ2v) is 8.70. The molecule has 0 bridgehead atoms. The van der Waals surface area contributed by atoms with Crippen molar-refractivity contribution in [3.63, 3.8) is 0 Å². The Kier molecular flexibility index (Phi) is 6.12. The molecule has 0 fully saturated rings. The van der Waals surface area contributed by atoms with E-state index >= 15 is 0 Å². The van der Waals surface area contributed by atoms with Gasteiger partial charge in [0.15, 0.2) is 0 Å². The highest BCUT2D eigenvalue weighted by molar-refractivity contribution is 7.87. The smallest absolute Gasteiger partial charge is 0.270 e. The number of aldehydes is 1. The minimum Gasteiger partial charge on any atom is -0.303 e. The van der Waals surface area contributed by atoms with E-state index < -0.39 is 42.6 Å². The van der Waals surface area contributed by atoms with Crippen LogP contribution in [0.4, 0.5) is 0 Å². The van der Waals surface area contributed by atoms with Crippen molar-refractivity contribution in [3.8, 4) is 0 Å². The quantitative estimate of drug-likeness (QED) is 0.503. The summed E-state index contributed by atoms with van der Waals surface area (Å²) in [6, 6.07) is 0. The molecule has 0 amide bonds. The van der Waals surface area contributed by atoms with Gasteiger partial charge in [0, 0.05) is 6.42 Å². The Bertz CT molecular complexity index is 506. The minimum absolute atomic E-state index is 0.166. The second-order valence-electron chi connectivity index (χ2n) is 5.13. The molecule has 0 spiro atoms. The third kappa shape index (κ3) is 5.17. The van der Waals surface area contributed by atoms with E-state index in [4.69, 9.17) is 9.11 Å². The summed E-state index contributed by atoms with van der Waals surface area (Å²) in [5.41, 5.74) is 0. The Balaban J connectivity index is 5.16. The molecule has 0 aromatic rings. The van der Waals surface area contributed by atoms with E-state index in [1.54, 1.807) is 13.8 Å². The molecule has 0 aliphatic carbocycles. The van der Waals surface area contributed by atoms with Gasteiger partial charge in [0.2, 0.25) is 0 Å². The summed E-state index contributed by atoms with van der Waals surface area (Å²) in [4.78, 5) is 10.5. The van der Waals surface area contributed by atoms with Crippen LogP contribution in [0.2, 0.25) is 0 Å². The third-order valence-electron chi connectivity index (χ3n) is 3.22. The van der Waals surface area contributed by atoms with Crippen molar-refractivity contribution in [3.05, 3.63) is 0 Å². The van der Waals surface area contributed by atoms with Gasteiger partial charge in [0.25, 0.3) is 20.2 Å². The van der Waals surface area contributed by atoms with E-state index in [1.165, 1.54) is 0 Å². The van der Waals surface area contributed by atoms with Gasteiger partial charge < -0.3 is 4.79 Å². The first-order valence-corrected chi connectivity index (χ1v) is 8.66. The van der Waals surface area contributed by atoms with E-state index in [9.17, 15) is 21.6 Å². The molecule has 0 saturated carbocycles. The molecule has 0 aliphatic rings. The molecule has 0 aromatic carbocycles. The van der Waals surface area contributed by atoms with Gasteiger partial charge >= 0.3 is 0 Å². The van der Waals surface area contributed by atoms with Crippen molar-refractivity contribution in [2.75, 3.05) is 0 Å². The van der Waals surface area contributed by atoms with Crippen LogP contribution in [-0.2, 0) is 25.0 Å². The zero-order chi connectivity index (χ0) is 15.5. The van der Waals surface area contributed by atoms with E-state index in [0.717, 1.165) is 6.92 Å². The predicted octanol–water partition coefficient (Wildman–Crippen LogP) is 0.915. The van der Waals surface area contributed by atoms with E-state index in [2.05, 4.69) is 0 Å². The van der Waals surface area contributed by atoms with Crippen LogP contribution in [0.5, 0.6) is 0 Å². The average Bonchev–Trinajstić information content (AvgIpc) is 2.13. The fourth-order valence-corrected chi connectivity index (χ4v) is 3.54. The Morgan fingerprint density at radius 2 is 1.63 bits per heavy atom. The van der Waals surface area contributed by atoms with Gasteiger partial charge in [-0.2, -0.15) is 16.8 Å². The molecule has 2 atom stereocenters. The Morgan fingerprint density at radius 1 is 1.16 bits per heavy atom. The first-order valence-electron chi connectivity index (χ1n) is 5.72. The Hall–Kier alpha value is -0.510. The summed E-state index contributed by atoms with van der Waals surface area (Å²) in [6.07, 6.45) is -0.498. The normalized spacial score (nSPS) is 18.0. The topological polar surface area (TPSA) is 126 Å². The molecule has 0 saturated heterocycles. The van der Waals surface area contributed by atoms with Crippen LogP contribution in [0.3, 0.4) is 0 Å². The highest BCUT2D eigenvalue weighted by Gasteiger charge is 2.39. The number of hydrogen-bond acceptors (Lipinski definition) is 5. The first-order chi connectivity index (χ1) is 8.35. The van der Waals surface area contributed by atoms with E-state index in [1.807, 2.05) is 0 Å². The maximum Gasteiger partial charge on any atom is 0.270 e. The van der Waals surface area contributed by atoms with Crippen LogP contribution < -0.4 is 0 Å². The molecule has 114 valence electrons. The van der Waals surface area contributed by atoms with Gasteiger partial charge in [-0.05, 0) is 25.7 Å². The lowest BCUT2D eigenvalue weighted by molar-refractivity contribution is -0.108. The van der Waals surface area contributed by atoms with Crippen molar-refractivity contribution in [1.82, 2.24) is 0 Å². The highest BCUT2D eigenvalue weighted by Crippen LogP contribution is 2.29. The highest BCUT2D eigenvalue weighted by atomic mass is 32.2. The van der Waals surface area contributed by atoms with Crippen molar-refractivity contribution in [1.29, 1.82) is 0 Å². The van der Waals surface area contributed by atoms with Crippen molar-refractivity contribution < 1.29 is 30.7 Å². The standard InChI is InChI=1S/C10H20O7S2/c1-8(2)9(18(12,13)14)4-5-10(3,6-7-11)19(15,16)17/h7-9H,4-6H2,1-3H3,(H,12,13,14)(H,15,16,17). The molecule has 7 nitrogen and oxygen atoms in total. The number of rotatable bonds is 8. The second kappa shape index (κ2) is 6.29. The van der Waals surface area contributed by atoms with Crippen LogP contribution in [0.25, 0.3) is 0 Å². The molecular weight excluding hydrogens is 296 g/mol. The van der Waals surface area contributed by atoms with Gasteiger partial charge in [0.1, 0.15) is 11.0 Å². The molecule has 9 heteroatoms. The minimum atomic E-state index is -4.50. The third-order valence-corrected chi connectivity index (χ3v) is 6.38. The molecule has 19 heavy (non-hydrogen) atoms. The van der Waals surface area contributed by atoms with Crippen molar-refractivity contribution in [2.24, 2.45) is 5.92 Å². The lowest BCUT2D eigenvalue weighted by Crippen LogP contribution is -2.38. The van der Waals surface area contributed by atoms with Crippen LogP contribution in [0, 0.1) is 5.92 Å². The van der Waals surface area contributed by atoms with Gasteiger partial charge in [-0.3, -0.25) is 9.11 Å². The van der Waals surface area contributed by atoms with Crippen LogP contribution >= 0.6 is 0 Å². The molecule has 0 heterocycles. The van der Waals surface area contributed by atoms with Crippen molar-refractivity contribution in [2.45, 2.75) is 50.0 Å². The number of hydrogen-bond donors (Lipinski definition) is 2. The lowest BCUT2D eigenvalue weighted by atomic mass is 9.96. The molecule has 0 aromatic heterocycles. The van der Waals surface area contributed by atoms with Crippen LogP contribution in [0.15, 0.2) is 0 Å². The Morgan fingerprint density at radius 3 is 1.89 bits per heavy atom. The van der Waals surface area contributed by atoms with Gasteiger partial charge in [0.05, 0.1) is 5.25 Å². The monoisotopic (exact) mass is 316 g/mol. The van der Waals surface area contributed by atoms with Gasteiger partial charge in [-0.15, -0.1) is 0 Å². The summed E-state index contributed by atoms with van der Waals surface area (Å²) in [7, 11) is -8.81. The average molecular weight is 316 g/mol. The van der Waals surface area contributed by atoms with E-state index in [0.29, 0.717) is 6.29 Å². The number of carbonyl (C=O) groups excluding carboxylic acids is 1. The summed E-state index contributed by atoms with van der Waals surface area (Å²) >= 11 is 0. The molecular formula is C10H20O7S2. The summed E-state index contributed by atoms with van der Waals surface area (Å²) < 4.78 is 61.3. The zero-order valence-corrected chi connectivity index (χ0v) is 12.7. The molecule has 2 N–H and O–H groups in total. The summed E-state index contributed by atoms with van der Waals surface area (Å²) in [5.74, 6) is -0.420. The summed E-state index contributed by atoms with van der Waals surface area (Å²) in [6.45, 7) is 4.31. The molecule has 0 aliphatic heterocycles. The SMILES string of the molecule is CC(C)C(CCC(C)(CC=O)S(=O)(=O)O)S(=O)(=O)O. The molecule has 2 unspecified atom stereocenters. The maximum absolute atomic E-state index is 11.3. The number of carbonyl (C=O) groups is 1. The molecule has 0 radical (unpaired) electrons. The predicted molar refractivity (Wildman–Crippen MR) is 70.0 cm³/mol. The van der Waals surface area contributed by atoms with Gasteiger partial charge in [-0.25, -0.2) is 0 Å². The Labute approximate surface area is 113 Å². The largest absolute Gasteiger partial charge is 0.303 e. The van der Waals surface area contributed by atoms with Gasteiger partial charge in [-0.1, -0.05) is 13.8 Å². The molecule has 0 rings (SSSR count). The zero-order valence-electron chi connectivity index (χ0n) is 11.1. The summed E-state index contributed by atoms with van der Waals surface area (Å²) in [5, 5.41) is -1.14. The van der Waals surface area contributed by atoms with Crippen LogP contribution in [-0.4, -0.2) is 42.2 Å². The fourth-order valence-electron chi connectivity index (χ4n) is 1.79. The fraction of sp³-hybridized carbons (Fsp3) is 0.900. The van der Waals surface area contributed by atoms with Crippen LogP contribution in [0.1, 0.15) is 40.0 Å². The lowest BCUT2D eigenvalue weighted by Gasteiger charge is -2.26. The van der Waals surface area contributed by atoms with E-state index in [-0.39, 0.29) is 12.8 Å². The first kappa shape index (κ1) is 18.5.